The van der Waals surface area contributed by atoms with Gasteiger partial charge in [0.2, 0.25) is 0 Å². The molecule has 142 valence electrons. The summed E-state index contributed by atoms with van der Waals surface area (Å²) in [6.07, 6.45) is -1.05. The largest absolute Gasteiger partial charge is 0.356 e. The van der Waals surface area contributed by atoms with Gasteiger partial charge in [-0.05, 0) is 24.6 Å². The number of carbonyl (C=O) groups excluding carboxylic acids is 1. The minimum Gasteiger partial charge on any atom is -0.356 e. The Morgan fingerprint density at radius 3 is 2.18 bits per heavy atom. The molecule has 1 aliphatic heterocycles. The fourth-order valence-electron chi connectivity index (χ4n) is 3.38. The fraction of sp³-hybridized carbons (Fsp3) is 0.0952. The summed E-state index contributed by atoms with van der Waals surface area (Å²) in [5, 5.41) is 2.50. The Morgan fingerprint density at radius 1 is 0.893 bits per heavy atom. The lowest BCUT2D eigenvalue weighted by Crippen LogP contribution is -2.33. The highest BCUT2D eigenvalue weighted by atomic mass is 19.2. The number of rotatable bonds is 3. The zero-order valence-electron chi connectivity index (χ0n) is 14.6. The van der Waals surface area contributed by atoms with Crippen LogP contribution in [0.15, 0.2) is 54.6 Å². The van der Waals surface area contributed by atoms with Crippen LogP contribution in [0.5, 0.6) is 0 Å². The second kappa shape index (κ2) is 6.67. The summed E-state index contributed by atoms with van der Waals surface area (Å²) in [6, 6.07) is 13.7. The molecule has 1 heterocycles. The molecule has 0 spiro atoms. The van der Waals surface area contributed by atoms with Crippen molar-refractivity contribution >= 4 is 17.3 Å². The number of fused-ring (bicyclic) bond motifs is 1. The molecule has 3 aromatic rings. The number of carbonyl (C=O) groups is 1. The Kier molecular flexibility index (Phi) is 4.30. The topological polar surface area (TPSA) is 32.3 Å². The van der Waals surface area contributed by atoms with Crippen LogP contribution in [0.3, 0.4) is 0 Å². The van der Waals surface area contributed by atoms with E-state index in [2.05, 4.69) is 5.32 Å². The summed E-state index contributed by atoms with van der Waals surface area (Å²) in [5.74, 6) is -6.55. The highest BCUT2D eigenvalue weighted by Gasteiger charge is 2.39. The van der Waals surface area contributed by atoms with Crippen molar-refractivity contribution in [3.63, 3.8) is 0 Å². The zero-order chi connectivity index (χ0) is 20.0. The molecule has 3 aromatic carbocycles. The van der Waals surface area contributed by atoms with Gasteiger partial charge in [-0.25, -0.2) is 17.6 Å². The van der Waals surface area contributed by atoms with E-state index in [-0.39, 0.29) is 12.0 Å². The van der Waals surface area contributed by atoms with Gasteiger partial charge < -0.3 is 5.32 Å². The van der Waals surface area contributed by atoms with Crippen LogP contribution in [0.1, 0.15) is 27.7 Å². The minimum absolute atomic E-state index is 0.142. The first kappa shape index (κ1) is 18.0. The van der Waals surface area contributed by atoms with Crippen molar-refractivity contribution in [3.8, 4) is 0 Å². The lowest BCUT2D eigenvalue weighted by atomic mass is 10.1. The molecule has 0 saturated heterocycles. The average molecular weight is 386 g/mol. The Morgan fingerprint density at radius 2 is 1.50 bits per heavy atom. The fourth-order valence-corrected chi connectivity index (χ4v) is 3.38. The number of hydrogen-bond donors (Lipinski definition) is 1. The van der Waals surface area contributed by atoms with E-state index in [1.807, 2.05) is 0 Å². The molecule has 0 aliphatic carbocycles. The molecule has 3 nitrogen and oxygen atoms in total. The molecule has 1 atom stereocenters. The maximum absolute atomic E-state index is 14.2. The number of hydrogen-bond acceptors (Lipinski definition) is 2. The predicted molar refractivity (Wildman–Crippen MR) is 97.1 cm³/mol. The number of halogens is 4. The van der Waals surface area contributed by atoms with Gasteiger partial charge in [0, 0.05) is 22.9 Å². The molecule has 0 bridgehead atoms. The number of benzene rings is 3. The van der Waals surface area contributed by atoms with Gasteiger partial charge in [-0.2, -0.15) is 0 Å². The first-order valence-corrected chi connectivity index (χ1v) is 8.47. The van der Waals surface area contributed by atoms with Crippen molar-refractivity contribution in [2.24, 2.45) is 0 Å². The maximum atomic E-state index is 14.2. The number of nitrogens with one attached hydrogen (secondary N) is 1. The summed E-state index contributed by atoms with van der Waals surface area (Å²) >= 11 is 0. The van der Waals surface area contributed by atoms with E-state index in [1.165, 1.54) is 4.90 Å². The number of aryl methyl sites for hydroxylation is 1. The van der Waals surface area contributed by atoms with E-state index in [9.17, 15) is 22.4 Å². The minimum atomic E-state index is -1.56. The average Bonchev–Trinajstić information content (AvgIpc) is 2.96. The zero-order valence-corrected chi connectivity index (χ0v) is 14.6. The quantitative estimate of drug-likeness (QED) is 0.488. The Balaban J connectivity index is 1.88. The molecule has 0 aromatic heterocycles. The van der Waals surface area contributed by atoms with Gasteiger partial charge in [0.05, 0.1) is 0 Å². The van der Waals surface area contributed by atoms with Crippen molar-refractivity contribution in [1.29, 1.82) is 0 Å². The van der Waals surface area contributed by atoms with E-state index in [1.54, 1.807) is 55.5 Å². The van der Waals surface area contributed by atoms with E-state index >= 15 is 0 Å². The molecule has 1 amide bonds. The van der Waals surface area contributed by atoms with E-state index in [0.29, 0.717) is 16.8 Å². The summed E-state index contributed by atoms with van der Waals surface area (Å²) in [6.45, 7) is 1.78. The number of para-hydroxylation sites is 1. The highest BCUT2D eigenvalue weighted by molar-refractivity contribution is 6.11. The normalized spacial score (nSPS) is 15.7. The summed E-state index contributed by atoms with van der Waals surface area (Å²) < 4.78 is 55.8. The molecule has 0 radical (unpaired) electrons. The molecule has 1 N–H and O–H groups in total. The second-order valence-corrected chi connectivity index (χ2v) is 6.44. The van der Waals surface area contributed by atoms with Crippen LogP contribution in [-0.4, -0.2) is 5.91 Å². The summed E-state index contributed by atoms with van der Waals surface area (Å²) in [5.41, 5.74) is 1.08. The van der Waals surface area contributed by atoms with Gasteiger partial charge in [-0.1, -0.05) is 36.4 Å². The van der Waals surface area contributed by atoms with Crippen LogP contribution >= 0.6 is 0 Å². The molecule has 7 heteroatoms. The predicted octanol–water partition coefficient (Wildman–Crippen LogP) is 5.32. The Bertz CT molecular complexity index is 1070. The van der Waals surface area contributed by atoms with E-state index < -0.39 is 35.1 Å². The number of nitrogens with zero attached hydrogens (tertiary/aromatic N) is 1. The third kappa shape index (κ3) is 2.70. The molecular formula is C21H14F4N2O. The van der Waals surface area contributed by atoms with Gasteiger partial charge in [0.15, 0.2) is 23.3 Å². The lowest BCUT2D eigenvalue weighted by Gasteiger charge is -2.28. The van der Waals surface area contributed by atoms with E-state index in [4.69, 9.17) is 0 Å². The Labute approximate surface area is 158 Å². The van der Waals surface area contributed by atoms with Crippen molar-refractivity contribution in [2.75, 3.05) is 10.2 Å². The number of anilines is 2. The molecule has 0 fully saturated rings. The van der Waals surface area contributed by atoms with Crippen LogP contribution in [-0.2, 0) is 0 Å². The maximum Gasteiger partial charge on any atom is 0.260 e. The van der Waals surface area contributed by atoms with Crippen LogP contribution in [0.2, 0.25) is 0 Å². The first-order valence-electron chi connectivity index (χ1n) is 8.47. The third-order valence-corrected chi connectivity index (χ3v) is 4.73. The van der Waals surface area contributed by atoms with Gasteiger partial charge in [0.1, 0.15) is 11.9 Å². The summed E-state index contributed by atoms with van der Waals surface area (Å²) in [4.78, 5) is 14.3. The van der Waals surface area contributed by atoms with E-state index in [0.717, 1.165) is 5.56 Å². The molecule has 28 heavy (non-hydrogen) atoms. The monoisotopic (exact) mass is 386 g/mol. The van der Waals surface area contributed by atoms with Crippen molar-refractivity contribution < 1.29 is 22.4 Å². The molecular weight excluding hydrogens is 372 g/mol. The summed E-state index contributed by atoms with van der Waals surface area (Å²) in [7, 11) is 0. The molecule has 4 rings (SSSR count). The SMILES string of the molecule is Cc1ccccc1N1C(=O)c2ccccc2[C@H]1Nc1c(F)c(F)cc(F)c1F. The standard InChI is InChI=1S/C21H14F4N2O/c1-11-6-2-5-9-16(11)27-20(12-7-3-4-8-13(12)21(27)28)26-19-17(24)14(22)10-15(23)18(19)25/h2-10,20,26H,1H3/t20-/m0/s1. The number of amides is 1. The van der Waals surface area contributed by atoms with Crippen LogP contribution in [0, 0.1) is 30.2 Å². The van der Waals surface area contributed by atoms with Crippen LogP contribution in [0.25, 0.3) is 0 Å². The lowest BCUT2D eigenvalue weighted by molar-refractivity contribution is 0.0992. The molecule has 1 aliphatic rings. The highest BCUT2D eigenvalue weighted by Crippen LogP contribution is 2.40. The smallest absolute Gasteiger partial charge is 0.260 e. The third-order valence-electron chi connectivity index (χ3n) is 4.73. The Hall–Kier alpha value is -3.35. The van der Waals surface area contributed by atoms with Crippen LogP contribution < -0.4 is 10.2 Å². The van der Waals surface area contributed by atoms with Crippen molar-refractivity contribution in [1.82, 2.24) is 0 Å². The van der Waals surface area contributed by atoms with Gasteiger partial charge in [-0.3, -0.25) is 9.69 Å². The van der Waals surface area contributed by atoms with Gasteiger partial charge in [-0.15, -0.1) is 0 Å². The molecule has 0 unspecified atom stereocenters. The van der Waals surface area contributed by atoms with Crippen molar-refractivity contribution in [3.05, 3.63) is 94.6 Å². The van der Waals surface area contributed by atoms with Gasteiger partial charge >= 0.3 is 0 Å². The second-order valence-electron chi connectivity index (χ2n) is 6.44. The molecule has 0 saturated carbocycles. The first-order chi connectivity index (χ1) is 13.4. The van der Waals surface area contributed by atoms with Crippen molar-refractivity contribution in [2.45, 2.75) is 13.1 Å². The van der Waals surface area contributed by atoms with Gasteiger partial charge in [0.25, 0.3) is 5.91 Å². The van der Waals surface area contributed by atoms with Crippen LogP contribution in [0.4, 0.5) is 28.9 Å².